The SMILES string of the molecule is COc1ccc(C(=O)N2c3cc(CNC(=O)c4ccccc4F)ccc3C[C@@H]2C)cc1. The molecule has 0 radical (unpaired) electrons. The van der Waals surface area contributed by atoms with Crippen molar-refractivity contribution >= 4 is 17.5 Å². The van der Waals surface area contributed by atoms with E-state index in [0.717, 1.165) is 23.2 Å². The second-order valence-corrected chi connectivity index (χ2v) is 7.58. The molecule has 3 aromatic rings. The first-order valence-corrected chi connectivity index (χ1v) is 10.1. The van der Waals surface area contributed by atoms with E-state index in [9.17, 15) is 14.0 Å². The number of hydrogen-bond donors (Lipinski definition) is 1. The number of ether oxygens (including phenoxy) is 1. The van der Waals surface area contributed by atoms with Crippen LogP contribution in [0.1, 0.15) is 38.8 Å². The first-order chi connectivity index (χ1) is 15.0. The lowest BCUT2D eigenvalue weighted by Gasteiger charge is -2.23. The number of carbonyl (C=O) groups excluding carboxylic acids is 2. The number of fused-ring (bicyclic) bond motifs is 1. The van der Waals surface area contributed by atoms with E-state index in [0.29, 0.717) is 11.3 Å². The van der Waals surface area contributed by atoms with Gasteiger partial charge in [-0.1, -0.05) is 24.3 Å². The second-order valence-electron chi connectivity index (χ2n) is 7.58. The third kappa shape index (κ3) is 4.14. The van der Waals surface area contributed by atoms with Crippen LogP contribution in [0.15, 0.2) is 66.7 Å². The molecule has 1 heterocycles. The first kappa shape index (κ1) is 20.6. The third-order valence-corrected chi connectivity index (χ3v) is 5.49. The molecule has 31 heavy (non-hydrogen) atoms. The van der Waals surface area contributed by atoms with E-state index >= 15 is 0 Å². The van der Waals surface area contributed by atoms with Crippen LogP contribution in [0.3, 0.4) is 0 Å². The summed E-state index contributed by atoms with van der Waals surface area (Å²) in [6, 6.07) is 18.8. The predicted octanol–water partition coefficient (Wildman–Crippen LogP) is 4.36. The molecular formula is C25H23FN2O3. The monoisotopic (exact) mass is 418 g/mol. The topological polar surface area (TPSA) is 58.6 Å². The van der Waals surface area contributed by atoms with Crippen LogP contribution in [0.25, 0.3) is 0 Å². The maximum Gasteiger partial charge on any atom is 0.258 e. The van der Waals surface area contributed by atoms with Gasteiger partial charge < -0.3 is 15.0 Å². The summed E-state index contributed by atoms with van der Waals surface area (Å²) in [5, 5.41) is 2.75. The van der Waals surface area contributed by atoms with Gasteiger partial charge >= 0.3 is 0 Å². The molecule has 0 saturated carbocycles. The molecule has 0 aromatic heterocycles. The average molecular weight is 418 g/mol. The fraction of sp³-hybridized carbons (Fsp3) is 0.200. The van der Waals surface area contributed by atoms with Crippen LogP contribution in [-0.2, 0) is 13.0 Å². The number of halogens is 1. The Balaban J connectivity index is 1.53. The highest BCUT2D eigenvalue weighted by Gasteiger charge is 2.31. The van der Waals surface area contributed by atoms with Crippen LogP contribution in [0, 0.1) is 5.82 Å². The average Bonchev–Trinajstić information content (AvgIpc) is 3.12. The van der Waals surface area contributed by atoms with Crippen LogP contribution in [-0.4, -0.2) is 25.0 Å². The molecule has 1 aliphatic heterocycles. The van der Waals surface area contributed by atoms with E-state index in [2.05, 4.69) is 5.32 Å². The number of anilines is 1. The Morgan fingerprint density at radius 3 is 2.55 bits per heavy atom. The largest absolute Gasteiger partial charge is 0.497 e. The summed E-state index contributed by atoms with van der Waals surface area (Å²) in [4.78, 5) is 27.3. The maximum absolute atomic E-state index is 13.8. The van der Waals surface area contributed by atoms with Crippen molar-refractivity contribution in [3.05, 3.63) is 94.8 Å². The van der Waals surface area contributed by atoms with Gasteiger partial charge in [0.05, 0.1) is 12.7 Å². The van der Waals surface area contributed by atoms with Gasteiger partial charge in [0.15, 0.2) is 0 Å². The van der Waals surface area contributed by atoms with Gasteiger partial charge in [0.1, 0.15) is 11.6 Å². The van der Waals surface area contributed by atoms with Gasteiger partial charge in [0, 0.05) is 23.8 Å². The van der Waals surface area contributed by atoms with Crippen molar-refractivity contribution in [2.45, 2.75) is 25.9 Å². The molecule has 3 aromatic carbocycles. The molecule has 4 rings (SSSR count). The first-order valence-electron chi connectivity index (χ1n) is 10.1. The van der Waals surface area contributed by atoms with E-state index in [1.165, 1.54) is 12.1 Å². The Kier molecular flexibility index (Phi) is 5.71. The van der Waals surface area contributed by atoms with Gasteiger partial charge in [-0.15, -0.1) is 0 Å². The minimum absolute atomic E-state index is 0.00796. The van der Waals surface area contributed by atoms with E-state index in [4.69, 9.17) is 4.74 Å². The number of benzene rings is 3. The van der Waals surface area contributed by atoms with Gasteiger partial charge in [-0.05, 0) is 66.9 Å². The normalized spacial score (nSPS) is 14.8. The van der Waals surface area contributed by atoms with Gasteiger partial charge in [-0.3, -0.25) is 9.59 Å². The van der Waals surface area contributed by atoms with E-state index in [-0.39, 0.29) is 24.1 Å². The van der Waals surface area contributed by atoms with Gasteiger partial charge in [0.2, 0.25) is 0 Å². The zero-order valence-electron chi connectivity index (χ0n) is 17.4. The zero-order chi connectivity index (χ0) is 22.0. The van der Waals surface area contributed by atoms with Crippen LogP contribution in [0.5, 0.6) is 5.75 Å². The van der Waals surface area contributed by atoms with Crippen LogP contribution in [0.4, 0.5) is 10.1 Å². The van der Waals surface area contributed by atoms with Gasteiger partial charge in [-0.25, -0.2) is 4.39 Å². The Morgan fingerprint density at radius 2 is 1.84 bits per heavy atom. The van der Waals surface area contributed by atoms with E-state index in [1.54, 1.807) is 48.4 Å². The molecule has 0 saturated heterocycles. The Labute approximate surface area is 180 Å². The summed E-state index contributed by atoms with van der Waals surface area (Å²) in [6.45, 7) is 2.25. The van der Waals surface area contributed by atoms with E-state index < -0.39 is 11.7 Å². The second kappa shape index (κ2) is 8.60. The highest BCUT2D eigenvalue weighted by molar-refractivity contribution is 6.07. The summed E-state index contributed by atoms with van der Waals surface area (Å²) in [6.07, 6.45) is 0.763. The Hall–Kier alpha value is -3.67. The molecule has 0 bridgehead atoms. The summed E-state index contributed by atoms with van der Waals surface area (Å²) in [5.74, 6) is -0.419. The van der Waals surface area contributed by atoms with Crippen molar-refractivity contribution in [2.75, 3.05) is 12.0 Å². The lowest BCUT2D eigenvalue weighted by molar-refractivity contribution is 0.0944. The molecule has 0 unspecified atom stereocenters. The molecule has 5 nitrogen and oxygen atoms in total. The fourth-order valence-corrected chi connectivity index (χ4v) is 3.87. The third-order valence-electron chi connectivity index (χ3n) is 5.49. The molecule has 6 heteroatoms. The standard InChI is InChI=1S/C25H23FN2O3/c1-16-13-19-8-7-17(15-27-24(29)21-5-3-4-6-22(21)26)14-23(19)28(16)25(30)18-9-11-20(31-2)12-10-18/h3-12,14,16H,13,15H2,1-2H3,(H,27,29)/t16-/m0/s1. The van der Waals surface area contributed by atoms with Gasteiger partial charge in [0.25, 0.3) is 11.8 Å². The smallest absolute Gasteiger partial charge is 0.258 e. The summed E-state index contributed by atoms with van der Waals surface area (Å²) < 4.78 is 19.0. The number of nitrogens with zero attached hydrogens (tertiary/aromatic N) is 1. The summed E-state index contributed by atoms with van der Waals surface area (Å²) in [5.41, 5.74) is 3.35. The fourth-order valence-electron chi connectivity index (χ4n) is 3.87. The molecule has 1 atom stereocenters. The lowest BCUT2D eigenvalue weighted by Crippen LogP contribution is -2.35. The zero-order valence-corrected chi connectivity index (χ0v) is 17.4. The number of methoxy groups -OCH3 is 1. The van der Waals surface area contributed by atoms with Crippen LogP contribution < -0.4 is 15.0 Å². The Bertz CT molecular complexity index is 1130. The molecule has 0 spiro atoms. The number of rotatable bonds is 5. The molecule has 2 amide bonds. The van der Waals surface area contributed by atoms with Crippen molar-refractivity contribution in [2.24, 2.45) is 0 Å². The summed E-state index contributed by atoms with van der Waals surface area (Å²) >= 11 is 0. The molecule has 0 fully saturated rings. The van der Waals surface area contributed by atoms with Crippen LogP contribution >= 0.6 is 0 Å². The number of carbonyl (C=O) groups is 2. The van der Waals surface area contributed by atoms with Crippen molar-refractivity contribution in [1.82, 2.24) is 5.32 Å². The number of nitrogens with one attached hydrogen (secondary N) is 1. The number of amides is 2. The molecule has 1 aliphatic rings. The van der Waals surface area contributed by atoms with Gasteiger partial charge in [-0.2, -0.15) is 0 Å². The predicted molar refractivity (Wildman–Crippen MR) is 117 cm³/mol. The molecule has 158 valence electrons. The molecule has 0 aliphatic carbocycles. The van der Waals surface area contributed by atoms with E-state index in [1.807, 2.05) is 25.1 Å². The van der Waals surface area contributed by atoms with Crippen molar-refractivity contribution in [1.29, 1.82) is 0 Å². The van der Waals surface area contributed by atoms with Crippen molar-refractivity contribution < 1.29 is 18.7 Å². The minimum atomic E-state index is -0.556. The maximum atomic E-state index is 13.8. The molecule has 1 N–H and O–H groups in total. The molecular weight excluding hydrogens is 395 g/mol. The summed E-state index contributed by atoms with van der Waals surface area (Å²) in [7, 11) is 1.59. The quantitative estimate of drug-likeness (QED) is 0.670. The Morgan fingerprint density at radius 1 is 1.10 bits per heavy atom. The van der Waals surface area contributed by atoms with Crippen LogP contribution in [0.2, 0.25) is 0 Å². The van der Waals surface area contributed by atoms with Crippen molar-refractivity contribution in [3.63, 3.8) is 0 Å². The van der Waals surface area contributed by atoms with Crippen molar-refractivity contribution in [3.8, 4) is 5.75 Å². The lowest BCUT2D eigenvalue weighted by atomic mass is 10.1. The minimum Gasteiger partial charge on any atom is -0.497 e. The number of hydrogen-bond acceptors (Lipinski definition) is 3. The highest BCUT2D eigenvalue weighted by atomic mass is 19.1. The highest BCUT2D eigenvalue weighted by Crippen LogP contribution is 2.34.